The summed E-state index contributed by atoms with van der Waals surface area (Å²) in [5.74, 6) is -0.0407. The lowest BCUT2D eigenvalue weighted by atomic mass is 10.1. The Hall–Kier alpha value is -1.92. The van der Waals surface area contributed by atoms with E-state index < -0.39 is 10.0 Å². The molecular weight excluding hydrogens is 378 g/mol. The van der Waals surface area contributed by atoms with Gasteiger partial charge in [0.15, 0.2) is 5.78 Å². The first-order valence-corrected chi connectivity index (χ1v) is 9.52. The number of halogens is 1. The maximum atomic E-state index is 12.8. The largest absolute Gasteiger partial charge is 0.293 e. The van der Waals surface area contributed by atoms with Crippen LogP contribution in [0.25, 0.3) is 10.9 Å². The Morgan fingerprint density at radius 1 is 1.09 bits per heavy atom. The fourth-order valence-electron chi connectivity index (χ4n) is 2.40. The van der Waals surface area contributed by atoms with E-state index in [2.05, 4.69) is 15.9 Å². The van der Waals surface area contributed by atoms with Crippen LogP contribution in [0.2, 0.25) is 0 Å². The zero-order valence-electron chi connectivity index (χ0n) is 12.4. The predicted octanol–water partition coefficient (Wildman–Crippen LogP) is 3.76. The van der Waals surface area contributed by atoms with Gasteiger partial charge in [-0.05, 0) is 43.3 Å². The van der Waals surface area contributed by atoms with Gasteiger partial charge in [0, 0.05) is 17.1 Å². The average Bonchev–Trinajstić information content (AvgIpc) is 2.98. The predicted molar refractivity (Wildman–Crippen MR) is 93.8 cm³/mol. The van der Waals surface area contributed by atoms with E-state index in [0.29, 0.717) is 16.5 Å². The number of alkyl halides is 1. The summed E-state index contributed by atoms with van der Waals surface area (Å²) in [7, 11) is -3.66. The molecule has 118 valence electrons. The molecule has 0 atom stereocenters. The van der Waals surface area contributed by atoms with Crippen molar-refractivity contribution in [1.82, 2.24) is 3.97 Å². The Balaban J connectivity index is 2.13. The van der Waals surface area contributed by atoms with Crippen LogP contribution in [-0.2, 0) is 10.0 Å². The SMILES string of the molecule is Cc1ccc(S(=O)(=O)n2ccc3cc(C(=O)CBr)ccc32)cc1. The van der Waals surface area contributed by atoms with Crippen LogP contribution in [-0.4, -0.2) is 23.5 Å². The second-order valence-electron chi connectivity index (χ2n) is 5.26. The standard InChI is InChI=1S/C17H14BrNO3S/c1-12-2-5-15(6-3-12)23(21,22)19-9-8-13-10-14(17(20)11-18)4-7-16(13)19/h2-10H,11H2,1H3. The molecule has 0 unspecified atom stereocenters. The molecule has 0 amide bonds. The molecule has 0 fully saturated rings. The first kappa shape index (κ1) is 16.0. The number of rotatable bonds is 4. The van der Waals surface area contributed by atoms with Crippen molar-refractivity contribution < 1.29 is 13.2 Å². The highest BCUT2D eigenvalue weighted by Gasteiger charge is 2.19. The van der Waals surface area contributed by atoms with Gasteiger partial charge in [-0.3, -0.25) is 4.79 Å². The Morgan fingerprint density at radius 3 is 2.43 bits per heavy atom. The number of carbonyl (C=O) groups is 1. The molecule has 3 rings (SSSR count). The number of Topliss-reactive ketones (excluding diaryl/α,β-unsaturated/α-hetero) is 1. The maximum absolute atomic E-state index is 12.8. The summed E-state index contributed by atoms with van der Waals surface area (Å²) < 4.78 is 26.8. The normalized spacial score (nSPS) is 11.7. The van der Waals surface area contributed by atoms with Crippen molar-refractivity contribution in [3.8, 4) is 0 Å². The third-order valence-electron chi connectivity index (χ3n) is 3.68. The van der Waals surface area contributed by atoms with Crippen molar-refractivity contribution in [3.05, 3.63) is 65.9 Å². The van der Waals surface area contributed by atoms with Crippen LogP contribution in [0, 0.1) is 6.92 Å². The van der Waals surface area contributed by atoms with Crippen LogP contribution >= 0.6 is 15.9 Å². The minimum atomic E-state index is -3.66. The van der Waals surface area contributed by atoms with E-state index in [1.165, 1.54) is 10.2 Å². The average molecular weight is 392 g/mol. The highest BCUT2D eigenvalue weighted by Crippen LogP contribution is 2.23. The summed E-state index contributed by atoms with van der Waals surface area (Å²) in [6.45, 7) is 1.91. The lowest BCUT2D eigenvalue weighted by Gasteiger charge is -2.08. The third kappa shape index (κ3) is 2.84. The van der Waals surface area contributed by atoms with Crippen LogP contribution in [0.4, 0.5) is 0 Å². The van der Waals surface area contributed by atoms with Gasteiger partial charge in [-0.1, -0.05) is 33.6 Å². The van der Waals surface area contributed by atoms with Crippen molar-refractivity contribution in [3.63, 3.8) is 0 Å². The van der Waals surface area contributed by atoms with Crippen molar-refractivity contribution in [2.75, 3.05) is 5.33 Å². The number of aryl methyl sites for hydroxylation is 1. The molecule has 0 aliphatic heterocycles. The number of aromatic nitrogens is 1. The van der Waals surface area contributed by atoms with Gasteiger partial charge in [-0.2, -0.15) is 0 Å². The molecule has 0 spiro atoms. The Labute approximate surface area is 142 Å². The van der Waals surface area contributed by atoms with E-state index in [-0.39, 0.29) is 16.0 Å². The molecule has 6 heteroatoms. The van der Waals surface area contributed by atoms with Gasteiger partial charge in [0.05, 0.1) is 15.7 Å². The number of nitrogens with zero attached hydrogens (tertiary/aromatic N) is 1. The van der Waals surface area contributed by atoms with Crippen LogP contribution in [0.5, 0.6) is 0 Å². The molecule has 0 saturated heterocycles. The van der Waals surface area contributed by atoms with Gasteiger partial charge in [0.25, 0.3) is 10.0 Å². The van der Waals surface area contributed by atoms with E-state index >= 15 is 0 Å². The summed E-state index contributed by atoms with van der Waals surface area (Å²) in [5.41, 5.74) is 2.11. The topological polar surface area (TPSA) is 56.1 Å². The first-order valence-electron chi connectivity index (χ1n) is 6.96. The number of carbonyl (C=O) groups excluding carboxylic acids is 1. The summed E-state index contributed by atoms with van der Waals surface area (Å²) in [6, 6.07) is 13.4. The Kier molecular flexibility index (Phi) is 4.12. The van der Waals surface area contributed by atoms with Crippen molar-refractivity contribution in [2.45, 2.75) is 11.8 Å². The van der Waals surface area contributed by atoms with Crippen LogP contribution < -0.4 is 0 Å². The Morgan fingerprint density at radius 2 is 1.78 bits per heavy atom. The molecule has 0 radical (unpaired) electrons. The number of hydrogen-bond acceptors (Lipinski definition) is 3. The minimum Gasteiger partial charge on any atom is -0.293 e. The van der Waals surface area contributed by atoms with Crippen molar-refractivity contribution in [1.29, 1.82) is 0 Å². The molecule has 3 aromatic rings. The monoisotopic (exact) mass is 391 g/mol. The van der Waals surface area contributed by atoms with Crippen LogP contribution in [0.15, 0.2) is 59.6 Å². The summed E-state index contributed by atoms with van der Waals surface area (Å²) in [5, 5.41) is 0.952. The molecule has 0 saturated carbocycles. The lowest BCUT2D eigenvalue weighted by molar-refractivity contribution is 0.102. The van der Waals surface area contributed by atoms with E-state index in [1.807, 2.05) is 6.92 Å². The van der Waals surface area contributed by atoms with E-state index in [9.17, 15) is 13.2 Å². The molecule has 0 aliphatic carbocycles. The van der Waals surface area contributed by atoms with E-state index in [1.54, 1.807) is 48.5 Å². The van der Waals surface area contributed by atoms with Gasteiger partial charge in [-0.15, -0.1) is 0 Å². The Bertz CT molecular complexity index is 988. The van der Waals surface area contributed by atoms with Gasteiger partial charge < -0.3 is 0 Å². The minimum absolute atomic E-state index is 0.0407. The second kappa shape index (κ2) is 5.94. The molecule has 0 N–H and O–H groups in total. The van der Waals surface area contributed by atoms with E-state index in [0.717, 1.165) is 5.56 Å². The van der Waals surface area contributed by atoms with Gasteiger partial charge in [-0.25, -0.2) is 12.4 Å². The first-order chi connectivity index (χ1) is 10.9. The summed E-state index contributed by atoms with van der Waals surface area (Å²) >= 11 is 3.14. The van der Waals surface area contributed by atoms with Crippen molar-refractivity contribution in [2.24, 2.45) is 0 Å². The molecule has 4 nitrogen and oxygen atoms in total. The van der Waals surface area contributed by atoms with Crippen LogP contribution in [0.1, 0.15) is 15.9 Å². The van der Waals surface area contributed by atoms with Gasteiger partial charge in [0.2, 0.25) is 0 Å². The highest BCUT2D eigenvalue weighted by atomic mass is 79.9. The smallest absolute Gasteiger partial charge is 0.268 e. The fourth-order valence-corrected chi connectivity index (χ4v) is 4.08. The molecule has 23 heavy (non-hydrogen) atoms. The third-order valence-corrected chi connectivity index (χ3v) is 5.89. The highest BCUT2D eigenvalue weighted by molar-refractivity contribution is 9.09. The number of ketones is 1. The maximum Gasteiger partial charge on any atom is 0.268 e. The van der Waals surface area contributed by atoms with Gasteiger partial charge >= 0.3 is 0 Å². The summed E-state index contributed by atoms with van der Waals surface area (Å²) in [6.07, 6.45) is 1.52. The zero-order valence-corrected chi connectivity index (χ0v) is 14.8. The van der Waals surface area contributed by atoms with Crippen LogP contribution in [0.3, 0.4) is 0 Å². The second-order valence-corrected chi connectivity index (χ2v) is 7.64. The lowest BCUT2D eigenvalue weighted by Crippen LogP contribution is -2.11. The number of benzene rings is 2. The fraction of sp³-hybridized carbons (Fsp3) is 0.118. The molecule has 0 aliphatic rings. The molecule has 0 bridgehead atoms. The number of fused-ring (bicyclic) bond motifs is 1. The summed E-state index contributed by atoms with van der Waals surface area (Å²) in [4.78, 5) is 12.0. The molecule has 2 aromatic carbocycles. The quantitative estimate of drug-likeness (QED) is 0.502. The van der Waals surface area contributed by atoms with Gasteiger partial charge in [0.1, 0.15) is 0 Å². The zero-order chi connectivity index (χ0) is 16.6. The van der Waals surface area contributed by atoms with E-state index in [4.69, 9.17) is 0 Å². The molecule has 1 heterocycles. The molecular formula is C17H14BrNO3S. The molecule has 1 aromatic heterocycles. The number of hydrogen-bond donors (Lipinski definition) is 0. The van der Waals surface area contributed by atoms with Crippen molar-refractivity contribution >= 4 is 42.6 Å².